The number of halogens is 2. The molecule has 0 saturated carbocycles. The summed E-state index contributed by atoms with van der Waals surface area (Å²) in [5.74, 6) is -0.987. The van der Waals surface area contributed by atoms with E-state index in [1.54, 1.807) is 24.3 Å². The van der Waals surface area contributed by atoms with E-state index in [2.05, 4.69) is 0 Å². The first-order valence-electron chi connectivity index (χ1n) is 4.21. The monoisotopic (exact) mass is 240 g/mol. The molecule has 76 valence electrons. The van der Waals surface area contributed by atoms with Crippen LogP contribution in [-0.4, -0.2) is 11.1 Å². The van der Waals surface area contributed by atoms with Crippen LogP contribution in [-0.2, 0) is 0 Å². The Morgan fingerprint density at radius 1 is 1.07 bits per heavy atom. The fourth-order valence-electron chi connectivity index (χ4n) is 1.51. The SMILES string of the molecule is O=C(O)c1ccc(Cl)c2c(Cl)cccc12. The topological polar surface area (TPSA) is 37.3 Å². The fourth-order valence-corrected chi connectivity index (χ4v) is 2.10. The van der Waals surface area contributed by atoms with E-state index in [0.717, 1.165) is 0 Å². The smallest absolute Gasteiger partial charge is 0.336 e. The van der Waals surface area contributed by atoms with Crippen LogP contribution in [0.4, 0.5) is 0 Å². The van der Waals surface area contributed by atoms with Gasteiger partial charge in [-0.05, 0) is 23.6 Å². The minimum Gasteiger partial charge on any atom is -0.478 e. The summed E-state index contributed by atoms with van der Waals surface area (Å²) >= 11 is 11.9. The molecular weight excluding hydrogens is 235 g/mol. The van der Waals surface area contributed by atoms with Crippen LogP contribution in [0.1, 0.15) is 10.4 Å². The van der Waals surface area contributed by atoms with Crippen molar-refractivity contribution in [1.82, 2.24) is 0 Å². The zero-order valence-electron chi connectivity index (χ0n) is 7.50. The van der Waals surface area contributed by atoms with Crippen LogP contribution in [0.25, 0.3) is 10.8 Å². The zero-order valence-corrected chi connectivity index (χ0v) is 9.01. The van der Waals surface area contributed by atoms with Gasteiger partial charge in [0.2, 0.25) is 0 Å². The van der Waals surface area contributed by atoms with Crippen molar-refractivity contribution in [2.75, 3.05) is 0 Å². The number of carboxylic acid groups (broad SMARTS) is 1. The van der Waals surface area contributed by atoms with Crippen LogP contribution in [0.5, 0.6) is 0 Å². The highest BCUT2D eigenvalue weighted by molar-refractivity contribution is 6.42. The predicted molar refractivity (Wildman–Crippen MR) is 60.9 cm³/mol. The second kappa shape index (κ2) is 3.72. The Morgan fingerprint density at radius 2 is 1.73 bits per heavy atom. The Balaban J connectivity index is 2.95. The summed E-state index contributed by atoms with van der Waals surface area (Å²) in [6.07, 6.45) is 0. The van der Waals surface area contributed by atoms with E-state index in [9.17, 15) is 4.79 Å². The van der Waals surface area contributed by atoms with Gasteiger partial charge in [-0.1, -0.05) is 35.3 Å². The first-order chi connectivity index (χ1) is 7.11. The van der Waals surface area contributed by atoms with E-state index in [-0.39, 0.29) is 5.56 Å². The van der Waals surface area contributed by atoms with Gasteiger partial charge in [-0.25, -0.2) is 4.79 Å². The second-order valence-corrected chi connectivity index (χ2v) is 3.88. The van der Waals surface area contributed by atoms with E-state index >= 15 is 0 Å². The van der Waals surface area contributed by atoms with Gasteiger partial charge >= 0.3 is 5.97 Å². The maximum absolute atomic E-state index is 11.0. The Hall–Kier alpha value is -1.25. The lowest BCUT2D eigenvalue weighted by molar-refractivity contribution is 0.0699. The molecule has 2 aromatic carbocycles. The number of benzene rings is 2. The van der Waals surface area contributed by atoms with Crippen molar-refractivity contribution >= 4 is 39.9 Å². The molecule has 0 unspecified atom stereocenters. The molecule has 4 heteroatoms. The molecule has 0 spiro atoms. The van der Waals surface area contributed by atoms with Gasteiger partial charge in [-0.15, -0.1) is 0 Å². The molecule has 2 aromatic rings. The Bertz CT molecular complexity index is 541. The number of fused-ring (bicyclic) bond motifs is 1. The highest BCUT2D eigenvalue weighted by Gasteiger charge is 2.12. The number of aromatic carboxylic acids is 1. The molecule has 2 rings (SSSR count). The molecule has 0 aliphatic heterocycles. The summed E-state index contributed by atoms with van der Waals surface area (Å²) in [6, 6.07) is 8.09. The quantitative estimate of drug-likeness (QED) is 0.823. The highest BCUT2D eigenvalue weighted by atomic mass is 35.5. The molecule has 15 heavy (non-hydrogen) atoms. The van der Waals surface area contributed by atoms with E-state index in [1.807, 2.05) is 0 Å². The average molecular weight is 241 g/mol. The molecule has 2 nitrogen and oxygen atoms in total. The summed E-state index contributed by atoms with van der Waals surface area (Å²) < 4.78 is 0. The second-order valence-electron chi connectivity index (χ2n) is 3.06. The molecule has 0 fully saturated rings. The zero-order chi connectivity index (χ0) is 11.0. The van der Waals surface area contributed by atoms with E-state index in [4.69, 9.17) is 28.3 Å². The summed E-state index contributed by atoms with van der Waals surface area (Å²) in [4.78, 5) is 11.0. The van der Waals surface area contributed by atoms with Gasteiger partial charge in [0.1, 0.15) is 0 Å². The van der Waals surface area contributed by atoms with Crippen molar-refractivity contribution in [3.63, 3.8) is 0 Å². The van der Waals surface area contributed by atoms with Crippen LogP contribution >= 0.6 is 23.2 Å². The summed E-state index contributed by atoms with van der Waals surface area (Å²) in [5.41, 5.74) is 0.205. The molecular formula is C11H6Cl2O2. The average Bonchev–Trinajstić information content (AvgIpc) is 2.17. The number of carbonyl (C=O) groups is 1. The summed E-state index contributed by atoms with van der Waals surface area (Å²) in [6.45, 7) is 0. The standard InChI is InChI=1S/C11H6Cl2O2/c12-8-3-1-2-6-7(11(14)15)4-5-9(13)10(6)8/h1-5H,(H,14,15). The molecule has 0 aromatic heterocycles. The minimum absolute atomic E-state index is 0.205. The van der Waals surface area contributed by atoms with Crippen LogP contribution < -0.4 is 0 Å². The van der Waals surface area contributed by atoms with Gasteiger partial charge in [0.05, 0.1) is 5.56 Å². The molecule has 0 saturated heterocycles. The number of hydrogen-bond donors (Lipinski definition) is 1. The molecule has 0 radical (unpaired) electrons. The Kier molecular flexibility index (Phi) is 2.55. The van der Waals surface area contributed by atoms with Gasteiger partial charge in [0, 0.05) is 15.4 Å². The van der Waals surface area contributed by atoms with Gasteiger partial charge < -0.3 is 5.11 Å². The Labute approximate surface area is 96.0 Å². The summed E-state index contributed by atoms with van der Waals surface area (Å²) in [7, 11) is 0. The van der Waals surface area contributed by atoms with Crippen molar-refractivity contribution in [2.45, 2.75) is 0 Å². The first kappa shape index (κ1) is 10.3. The lowest BCUT2D eigenvalue weighted by Gasteiger charge is -2.05. The molecule has 0 heterocycles. The van der Waals surface area contributed by atoms with Crippen LogP contribution in [0, 0.1) is 0 Å². The molecule has 0 bridgehead atoms. The molecule has 1 N–H and O–H groups in total. The number of hydrogen-bond acceptors (Lipinski definition) is 1. The number of rotatable bonds is 1. The third-order valence-electron chi connectivity index (χ3n) is 2.17. The Morgan fingerprint density at radius 3 is 2.40 bits per heavy atom. The van der Waals surface area contributed by atoms with Crippen LogP contribution in [0.15, 0.2) is 30.3 Å². The van der Waals surface area contributed by atoms with Gasteiger partial charge in [-0.3, -0.25) is 0 Å². The van der Waals surface area contributed by atoms with Crippen molar-refractivity contribution in [2.24, 2.45) is 0 Å². The first-order valence-corrected chi connectivity index (χ1v) is 4.97. The normalized spacial score (nSPS) is 10.5. The third-order valence-corrected chi connectivity index (χ3v) is 2.80. The third kappa shape index (κ3) is 1.66. The molecule has 0 aliphatic carbocycles. The van der Waals surface area contributed by atoms with Gasteiger partial charge in [-0.2, -0.15) is 0 Å². The summed E-state index contributed by atoms with van der Waals surface area (Å²) in [5, 5.41) is 11.0. The maximum atomic E-state index is 11.0. The maximum Gasteiger partial charge on any atom is 0.336 e. The molecule has 0 aliphatic rings. The van der Waals surface area contributed by atoms with Crippen molar-refractivity contribution in [3.8, 4) is 0 Å². The predicted octanol–water partition coefficient (Wildman–Crippen LogP) is 3.84. The largest absolute Gasteiger partial charge is 0.478 e. The molecule has 0 atom stereocenters. The van der Waals surface area contributed by atoms with Gasteiger partial charge in [0.25, 0.3) is 0 Å². The lowest BCUT2D eigenvalue weighted by atomic mass is 10.0. The van der Waals surface area contributed by atoms with Crippen molar-refractivity contribution in [3.05, 3.63) is 45.9 Å². The minimum atomic E-state index is -0.987. The molecule has 0 amide bonds. The highest BCUT2D eigenvalue weighted by Crippen LogP contribution is 2.32. The lowest BCUT2D eigenvalue weighted by Crippen LogP contribution is -1.97. The van der Waals surface area contributed by atoms with Crippen molar-refractivity contribution < 1.29 is 9.90 Å². The van der Waals surface area contributed by atoms with Gasteiger partial charge in [0.15, 0.2) is 0 Å². The van der Waals surface area contributed by atoms with E-state index in [1.165, 1.54) is 6.07 Å². The fraction of sp³-hybridized carbons (Fsp3) is 0. The van der Waals surface area contributed by atoms with Crippen molar-refractivity contribution in [1.29, 1.82) is 0 Å². The van der Waals surface area contributed by atoms with E-state index < -0.39 is 5.97 Å². The van der Waals surface area contributed by atoms with Crippen LogP contribution in [0.2, 0.25) is 10.0 Å². The van der Waals surface area contributed by atoms with E-state index in [0.29, 0.717) is 20.8 Å². The van der Waals surface area contributed by atoms with Crippen LogP contribution in [0.3, 0.4) is 0 Å². The number of carboxylic acids is 1.